The zero-order valence-electron chi connectivity index (χ0n) is 18.6. The van der Waals surface area contributed by atoms with Gasteiger partial charge in [-0.2, -0.15) is 4.58 Å². The van der Waals surface area contributed by atoms with Crippen LogP contribution in [0.25, 0.3) is 0 Å². The molecule has 0 saturated carbocycles. The Labute approximate surface area is 196 Å². The highest BCUT2D eigenvalue weighted by Gasteiger charge is 2.46. The van der Waals surface area contributed by atoms with E-state index >= 15 is 0 Å². The number of hydrogen-bond donors (Lipinski definition) is 0. The van der Waals surface area contributed by atoms with E-state index in [9.17, 15) is 4.79 Å². The van der Waals surface area contributed by atoms with E-state index in [1.165, 1.54) is 56.5 Å². The van der Waals surface area contributed by atoms with Gasteiger partial charge >= 0.3 is 3.98 Å². The van der Waals surface area contributed by atoms with Crippen molar-refractivity contribution < 1.29 is 24.6 Å². The fraction of sp³-hybridized carbons (Fsp3) is 0.333. The third kappa shape index (κ3) is 4.14. The van der Waals surface area contributed by atoms with Crippen molar-refractivity contribution in [2.45, 2.75) is 38.5 Å². The van der Waals surface area contributed by atoms with Gasteiger partial charge in [-0.05, 0) is 25.5 Å². The van der Waals surface area contributed by atoms with Gasteiger partial charge in [0.05, 0.1) is 28.0 Å². The smallest absolute Gasteiger partial charge is 0.399 e. The zero-order chi connectivity index (χ0) is 23.0. The van der Waals surface area contributed by atoms with Crippen LogP contribution in [-0.4, -0.2) is 28.4 Å². The molecular formula is C24H27IN2O4. The Morgan fingerprint density at radius 1 is 1.03 bits per heavy atom. The van der Waals surface area contributed by atoms with E-state index in [-0.39, 0.29) is 10.8 Å². The molecule has 0 N–H and O–H groups in total. The molecule has 0 unspecified atom stereocenters. The van der Waals surface area contributed by atoms with Gasteiger partial charge < -0.3 is 10.2 Å². The SMILES string of the molecule is CN1C(=CC2=[N+](C)c3ccccc3C2(C)C)C(C)(C)c2ccccc21.O=C(I)OO[O-]. The molecule has 0 spiro atoms. The van der Waals surface area contributed by atoms with Gasteiger partial charge in [-0.15, -0.1) is 0 Å². The molecule has 2 heterocycles. The summed E-state index contributed by atoms with van der Waals surface area (Å²) in [5.74, 6) is 0. The van der Waals surface area contributed by atoms with E-state index < -0.39 is 3.98 Å². The number of carbonyl (C=O) groups excluding carboxylic acids is 1. The van der Waals surface area contributed by atoms with Gasteiger partial charge in [0.1, 0.15) is 7.05 Å². The molecule has 7 heteroatoms. The van der Waals surface area contributed by atoms with E-state index in [1.54, 1.807) is 0 Å². The number of halogens is 1. The minimum absolute atomic E-state index is 0.00401. The molecule has 0 saturated heterocycles. The van der Waals surface area contributed by atoms with Crippen LogP contribution in [0.5, 0.6) is 0 Å². The first-order valence-corrected chi connectivity index (χ1v) is 11.0. The van der Waals surface area contributed by atoms with Crippen LogP contribution in [0.15, 0.2) is 60.3 Å². The summed E-state index contributed by atoms with van der Waals surface area (Å²) in [6, 6.07) is 17.5. The van der Waals surface area contributed by atoms with Crippen LogP contribution in [-0.2, 0) is 20.8 Å². The van der Waals surface area contributed by atoms with Crippen LogP contribution in [0, 0.1) is 0 Å². The third-order valence-electron chi connectivity index (χ3n) is 6.25. The minimum Gasteiger partial charge on any atom is -0.681 e. The van der Waals surface area contributed by atoms with Crippen molar-refractivity contribution in [3.63, 3.8) is 0 Å². The molecule has 0 aromatic heterocycles. The maximum atomic E-state index is 9.48. The number of anilines is 1. The van der Waals surface area contributed by atoms with Crippen LogP contribution < -0.4 is 10.2 Å². The third-order valence-corrected chi connectivity index (χ3v) is 6.43. The molecule has 2 aromatic carbocycles. The van der Waals surface area contributed by atoms with E-state index in [0.29, 0.717) is 0 Å². The number of rotatable bonds is 2. The maximum absolute atomic E-state index is 9.48. The van der Waals surface area contributed by atoms with Gasteiger partial charge in [-0.25, -0.2) is 9.83 Å². The topological polar surface area (TPSA) is 64.8 Å². The lowest BCUT2D eigenvalue weighted by atomic mass is 9.78. The van der Waals surface area contributed by atoms with Crippen molar-refractivity contribution in [3.8, 4) is 0 Å². The van der Waals surface area contributed by atoms with E-state index in [2.05, 4.69) is 116 Å². The lowest BCUT2D eigenvalue weighted by Crippen LogP contribution is -2.31. The largest absolute Gasteiger partial charge is 0.681 e. The molecule has 0 fully saturated rings. The van der Waals surface area contributed by atoms with Crippen molar-refractivity contribution in [2.75, 3.05) is 19.0 Å². The highest BCUT2D eigenvalue weighted by molar-refractivity contribution is 14.1. The molecule has 6 nitrogen and oxygen atoms in total. The van der Waals surface area contributed by atoms with Gasteiger partial charge in [-0.3, -0.25) is 4.89 Å². The Kier molecular flexibility index (Phi) is 6.59. The summed E-state index contributed by atoms with van der Waals surface area (Å²) < 4.78 is 1.58. The summed E-state index contributed by atoms with van der Waals surface area (Å²) >= 11 is 1.26. The average Bonchev–Trinajstić information content (AvgIpc) is 3.03. The van der Waals surface area contributed by atoms with E-state index in [4.69, 9.17) is 5.26 Å². The summed E-state index contributed by atoms with van der Waals surface area (Å²) in [5, 5.41) is 11.5. The molecule has 31 heavy (non-hydrogen) atoms. The minimum atomic E-state index is -0.775. The zero-order valence-corrected chi connectivity index (χ0v) is 20.8. The van der Waals surface area contributed by atoms with Crippen molar-refractivity contribution in [2.24, 2.45) is 0 Å². The molecule has 0 bridgehead atoms. The number of para-hydroxylation sites is 2. The molecule has 0 atom stereocenters. The summed E-state index contributed by atoms with van der Waals surface area (Å²) in [4.78, 5) is 15.2. The van der Waals surface area contributed by atoms with Gasteiger partial charge in [0.15, 0.2) is 5.71 Å². The first kappa shape index (κ1) is 23.4. The van der Waals surface area contributed by atoms with Crippen LogP contribution in [0.4, 0.5) is 16.2 Å². The summed E-state index contributed by atoms with van der Waals surface area (Å²) in [5.41, 5.74) is 8.16. The van der Waals surface area contributed by atoms with Gasteiger partial charge in [-0.1, -0.05) is 50.2 Å². The molecule has 2 aliphatic rings. The molecule has 0 radical (unpaired) electrons. The highest BCUT2D eigenvalue weighted by atomic mass is 127. The lowest BCUT2D eigenvalue weighted by Gasteiger charge is -2.25. The predicted octanol–water partition coefficient (Wildman–Crippen LogP) is 4.77. The fourth-order valence-electron chi connectivity index (χ4n) is 4.67. The molecular weight excluding hydrogens is 507 g/mol. The van der Waals surface area contributed by atoms with Gasteiger partial charge in [0.2, 0.25) is 5.69 Å². The van der Waals surface area contributed by atoms with Crippen LogP contribution in [0.1, 0.15) is 38.8 Å². The average molecular weight is 534 g/mol. The van der Waals surface area contributed by atoms with Gasteiger partial charge in [0.25, 0.3) is 0 Å². The van der Waals surface area contributed by atoms with E-state index in [1.807, 2.05) is 0 Å². The quantitative estimate of drug-likeness (QED) is 0.183. The Balaban J connectivity index is 0.000000401. The summed E-state index contributed by atoms with van der Waals surface area (Å²) in [6.45, 7) is 9.32. The van der Waals surface area contributed by atoms with Crippen molar-refractivity contribution in [1.29, 1.82) is 0 Å². The first-order valence-electron chi connectivity index (χ1n) is 9.95. The number of nitrogens with zero attached hydrogens (tertiary/aromatic N) is 2. The lowest BCUT2D eigenvalue weighted by molar-refractivity contribution is -0.784. The Morgan fingerprint density at radius 3 is 2.13 bits per heavy atom. The maximum Gasteiger partial charge on any atom is 0.399 e. The fourth-order valence-corrected chi connectivity index (χ4v) is 4.75. The molecule has 2 aliphatic heterocycles. The Bertz CT molecular complexity index is 1070. The molecule has 2 aromatic rings. The molecule has 0 aliphatic carbocycles. The second-order valence-electron chi connectivity index (χ2n) is 8.71. The monoisotopic (exact) mass is 534 g/mol. The summed E-state index contributed by atoms with van der Waals surface area (Å²) in [7, 11) is 4.38. The number of allylic oxidation sites excluding steroid dienone is 2. The normalized spacial score (nSPS) is 19.0. The second-order valence-corrected chi connectivity index (χ2v) is 9.59. The van der Waals surface area contributed by atoms with Crippen LogP contribution >= 0.6 is 22.6 Å². The first-order chi connectivity index (χ1) is 14.5. The van der Waals surface area contributed by atoms with Crippen molar-refractivity contribution >= 4 is 43.7 Å². The Morgan fingerprint density at radius 2 is 1.61 bits per heavy atom. The van der Waals surface area contributed by atoms with Crippen LogP contribution in [0.2, 0.25) is 0 Å². The number of fused-ring (bicyclic) bond motifs is 2. The highest BCUT2D eigenvalue weighted by Crippen LogP contribution is 2.48. The van der Waals surface area contributed by atoms with E-state index in [0.717, 1.165) is 0 Å². The van der Waals surface area contributed by atoms with Crippen LogP contribution in [0.3, 0.4) is 0 Å². The predicted molar refractivity (Wildman–Crippen MR) is 128 cm³/mol. The number of hydrogen-bond acceptors (Lipinski definition) is 5. The molecule has 0 amide bonds. The number of likely N-dealkylation sites (N-methyl/N-ethyl adjacent to an activating group) is 1. The van der Waals surface area contributed by atoms with Crippen molar-refractivity contribution in [1.82, 2.24) is 0 Å². The summed E-state index contributed by atoms with van der Waals surface area (Å²) in [6.07, 6.45) is 2.42. The standard InChI is InChI=1S/C23H27N2.CHIO4/c1-22(2)16-11-7-9-13-18(16)24(5)20(22)15-21-23(3,4)17-12-8-10-14-19(17)25(21)6;2-1(3)5-6-4/h7-15H,1-6H3;4H/q+1;/p-1. The number of carbonyl (C=O) groups is 1. The van der Waals surface area contributed by atoms with Crippen molar-refractivity contribution in [3.05, 3.63) is 71.4 Å². The second kappa shape index (κ2) is 8.72. The van der Waals surface area contributed by atoms with Gasteiger partial charge in [0, 0.05) is 41.6 Å². The molecule has 4 rings (SSSR count). The number of benzene rings is 2. The molecule has 164 valence electrons. The Hall–Kier alpha value is -2.23.